The van der Waals surface area contributed by atoms with Crippen molar-refractivity contribution in [3.63, 3.8) is 0 Å². The van der Waals surface area contributed by atoms with Crippen molar-refractivity contribution in [1.82, 2.24) is 9.97 Å². The van der Waals surface area contributed by atoms with Gasteiger partial charge in [-0.2, -0.15) is 4.98 Å². The van der Waals surface area contributed by atoms with Gasteiger partial charge in [-0.25, -0.2) is 4.98 Å². The van der Waals surface area contributed by atoms with Gasteiger partial charge in [0.2, 0.25) is 5.95 Å². The number of aromatic nitrogens is 2. The predicted molar refractivity (Wildman–Crippen MR) is 78.7 cm³/mol. The molecule has 0 atom stereocenters. The average Bonchev–Trinajstić information content (AvgIpc) is 2.42. The summed E-state index contributed by atoms with van der Waals surface area (Å²) in [6.45, 7) is 0. The molecular formula is C14H11Cl2N4-. The van der Waals surface area contributed by atoms with Crippen molar-refractivity contribution < 1.29 is 12.4 Å². The highest BCUT2D eigenvalue weighted by Crippen LogP contribution is 2.22. The number of hydrogen-bond acceptors (Lipinski definition) is 4. The van der Waals surface area contributed by atoms with Crippen molar-refractivity contribution in [1.29, 1.82) is 0 Å². The van der Waals surface area contributed by atoms with Crippen molar-refractivity contribution in [2.75, 3.05) is 11.1 Å². The van der Waals surface area contributed by atoms with Gasteiger partial charge in [-0.15, -0.1) is 0 Å². The van der Waals surface area contributed by atoms with Gasteiger partial charge in [-0.05, 0) is 36.4 Å². The molecule has 0 aliphatic carbocycles. The summed E-state index contributed by atoms with van der Waals surface area (Å²) in [5.74, 6) is 0.931. The van der Waals surface area contributed by atoms with Gasteiger partial charge < -0.3 is 23.5 Å². The Labute approximate surface area is 127 Å². The highest BCUT2D eigenvalue weighted by molar-refractivity contribution is 6.30. The molecule has 3 N–H and O–H groups in total. The van der Waals surface area contributed by atoms with E-state index in [0.29, 0.717) is 16.8 Å². The van der Waals surface area contributed by atoms with E-state index in [1.54, 1.807) is 12.1 Å². The smallest absolute Gasteiger partial charge is 0.229 e. The van der Waals surface area contributed by atoms with E-state index in [1.165, 1.54) is 0 Å². The highest BCUT2D eigenvalue weighted by atomic mass is 35.5. The van der Waals surface area contributed by atoms with Crippen LogP contribution in [0.25, 0.3) is 10.9 Å². The van der Waals surface area contributed by atoms with Crippen LogP contribution in [-0.4, -0.2) is 9.97 Å². The summed E-state index contributed by atoms with van der Waals surface area (Å²) in [5.41, 5.74) is 7.59. The monoisotopic (exact) mass is 305 g/mol. The summed E-state index contributed by atoms with van der Waals surface area (Å²) in [5, 5.41) is 4.64. The minimum absolute atomic E-state index is 0. The molecule has 6 heteroatoms. The van der Waals surface area contributed by atoms with E-state index in [2.05, 4.69) is 15.3 Å². The molecule has 3 rings (SSSR count). The molecule has 0 bridgehead atoms. The fourth-order valence-electron chi connectivity index (χ4n) is 1.82. The Balaban J connectivity index is 0.00000147. The van der Waals surface area contributed by atoms with Gasteiger partial charge in [-0.1, -0.05) is 23.7 Å². The van der Waals surface area contributed by atoms with Crippen LogP contribution in [0.1, 0.15) is 0 Å². The lowest BCUT2D eigenvalue weighted by Gasteiger charge is -2.07. The van der Waals surface area contributed by atoms with Crippen LogP contribution in [0.4, 0.5) is 17.5 Å². The maximum Gasteiger partial charge on any atom is 0.229 e. The van der Waals surface area contributed by atoms with Crippen LogP contribution in [0.15, 0.2) is 48.5 Å². The molecule has 0 fully saturated rings. The molecule has 0 saturated heterocycles. The van der Waals surface area contributed by atoms with Crippen molar-refractivity contribution in [2.45, 2.75) is 0 Å². The van der Waals surface area contributed by atoms with Crippen LogP contribution < -0.4 is 23.5 Å². The molecule has 0 aliphatic rings. The fraction of sp³-hybridized carbons (Fsp3) is 0. The largest absolute Gasteiger partial charge is 1.00 e. The SMILES string of the molecule is Nc1nc(Nc2ccc(Cl)cc2)nc2ccccc12.[Cl-]. The third-order valence-electron chi connectivity index (χ3n) is 2.73. The Bertz CT molecular complexity index is 729. The number of rotatable bonds is 2. The summed E-state index contributed by atoms with van der Waals surface area (Å²) < 4.78 is 0. The lowest BCUT2D eigenvalue weighted by atomic mass is 10.2. The standard InChI is InChI=1S/C14H11ClN4.ClH/c15-9-5-7-10(8-6-9)17-14-18-12-4-2-1-3-11(12)13(16)19-14;/h1-8H,(H3,16,17,18,19);1H/p-1. The number of anilines is 3. The molecule has 0 unspecified atom stereocenters. The third-order valence-corrected chi connectivity index (χ3v) is 2.99. The van der Waals surface area contributed by atoms with E-state index in [4.69, 9.17) is 17.3 Å². The molecule has 4 nitrogen and oxygen atoms in total. The quantitative estimate of drug-likeness (QED) is 0.728. The Morgan fingerprint density at radius 1 is 0.950 bits per heavy atom. The molecule has 20 heavy (non-hydrogen) atoms. The number of nitrogens with one attached hydrogen (secondary N) is 1. The molecule has 1 heterocycles. The number of nitrogens with two attached hydrogens (primary N) is 1. The molecule has 0 amide bonds. The Morgan fingerprint density at radius 3 is 2.40 bits per heavy atom. The first-order valence-corrected chi connectivity index (χ1v) is 6.15. The van der Waals surface area contributed by atoms with E-state index in [9.17, 15) is 0 Å². The molecule has 0 aliphatic heterocycles. The zero-order valence-electron chi connectivity index (χ0n) is 10.3. The molecule has 3 aromatic rings. The minimum Gasteiger partial charge on any atom is -1.00 e. The first kappa shape index (κ1) is 14.4. The zero-order chi connectivity index (χ0) is 13.2. The van der Waals surface area contributed by atoms with Gasteiger partial charge in [0, 0.05) is 16.1 Å². The highest BCUT2D eigenvalue weighted by Gasteiger charge is 2.04. The maximum absolute atomic E-state index is 5.92. The number of benzene rings is 2. The topological polar surface area (TPSA) is 63.8 Å². The molecule has 2 aromatic carbocycles. The second-order valence-electron chi connectivity index (χ2n) is 4.08. The van der Waals surface area contributed by atoms with Gasteiger partial charge >= 0.3 is 0 Å². The Hall–Kier alpha value is -2.04. The van der Waals surface area contributed by atoms with Gasteiger partial charge in [-0.3, -0.25) is 0 Å². The van der Waals surface area contributed by atoms with Crippen molar-refractivity contribution in [3.8, 4) is 0 Å². The number of hydrogen-bond donors (Lipinski definition) is 2. The Morgan fingerprint density at radius 2 is 1.65 bits per heavy atom. The van der Waals surface area contributed by atoms with E-state index >= 15 is 0 Å². The van der Waals surface area contributed by atoms with E-state index < -0.39 is 0 Å². The van der Waals surface area contributed by atoms with Crippen molar-refractivity contribution in [3.05, 3.63) is 53.6 Å². The van der Waals surface area contributed by atoms with Crippen LogP contribution in [0.3, 0.4) is 0 Å². The molecule has 0 radical (unpaired) electrons. The van der Waals surface area contributed by atoms with E-state index in [0.717, 1.165) is 16.6 Å². The molecule has 0 saturated carbocycles. The van der Waals surface area contributed by atoms with Crippen LogP contribution in [0, 0.1) is 0 Å². The number of nitrogen functional groups attached to an aromatic ring is 1. The fourth-order valence-corrected chi connectivity index (χ4v) is 1.95. The molecular weight excluding hydrogens is 295 g/mol. The average molecular weight is 306 g/mol. The van der Waals surface area contributed by atoms with Crippen molar-refractivity contribution in [2.24, 2.45) is 0 Å². The number of fused-ring (bicyclic) bond motifs is 1. The van der Waals surface area contributed by atoms with Gasteiger partial charge in [0.05, 0.1) is 5.52 Å². The van der Waals surface area contributed by atoms with Crippen molar-refractivity contribution >= 4 is 40.0 Å². The minimum atomic E-state index is 0. The molecule has 102 valence electrons. The number of nitrogens with zero attached hydrogens (tertiary/aromatic N) is 2. The van der Waals surface area contributed by atoms with Gasteiger partial charge in [0.25, 0.3) is 0 Å². The summed E-state index contributed by atoms with van der Waals surface area (Å²) in [6.07, 6.45) is 0. The number of halogens is 2. The van der Waals surface area contributed by atoms with Crippen LogP contribution in [0.2, 0.25) is 5.02 Å². The van der Waals surface area contributed by atoms with Crippen LogP contribution >= 0.6 is 11.6 Å². The van der Waals surface area contributed by atoms with E-state index in [-0.39, 0.29) is 12.4 Å². The lowest BCUT2D eigenvalue weighted by Crippen LogP contribution is -3.00. The summed E-state index contributed by atoms with van der Waals surface area (Å²) in [4.78, 5) is 8.66. The maximum atomic E-state index is 5.92. The first-order chi connectivity index (χ1) is 9.22. The van der Waals surface area contributed by atoms with Crippen LogP contribution in [0.5, 0.6) is 0 Å². The normalized spacial score (nSPS) is 10.1. The first-order valence-electron chi connectivity index (χ1n) is 5.77. The van der Waals surface area contributed by atoms with Gasteiger partial charge in [0.1, 0.15) is 5.82 Å². The lowest BCUT2D eigenvalue weighted by molar-refractivity contribution is -0.00000386. The third kappa shape index (κ3) is 2.92. The summed E-state index contributed by atoms with van der Waals surface area (Å²) >= 11 is 5.84. The predicted octanol–water partition coefficient (Wildman–Crippen LogP) is 0.613. The van der Waals surface area contributed by atoms with E-state index in [1.807, 2.05) is 36.4 Å². The molecule has 0 spiro atoms. The Kier molecular flexibility index (Phi) is 4.27. The second-order valence-corrected chi connectivity index (χ2v) is 4.52. The molecule has 1 aromatic heterocycles. The number of para-hydroxylation sites is 1. The summed E-state index contributed by atoms with van der Waals surface area (Å²) in [6, 6.07) is 14.9. The second kappa shape index (κ2) is 5.94. The zero-order valence-corrected chi connectivity index (χ0v) is 11.9. The van der Waals surface area contributed by atoms with Gasteiger partial charge in [0.15, 0.2) is 0 Å². The summed E-state index contributed by atoms with van der Waals surface area (Å²) in [7, 11) is 0. The van der Waals surface area contributed by atoms with Crippen LogP contribution in [-0.2, 0) is 0 Å².